The molecule has 0 radical (unpaired) electrons. The first kappa shape index (κ1) is 10.1. The van der Waals surface area contributed by atoms with Crippen LogP contribution in [0.3, 0.4) is 0 Å². The summed E-state index contributed by atoms with van der Waals surface area (Å²) >= 11 is 1.23. The van der Waals surface area contributed by atoms with E-state index in [4.69, 9.17) is 0 Å². The van der Waals surface area contributed by atoms with E-state index in [0.717, 1.165) is 0 Å². The third kappa shape index (κ3) is 2.80. The number of alkyl halides is 4. The van der Waals surface area contributed by atoms with E-state index < -0.39 is 22.3 Å². The lowest BCUT2D eigenvalue weighted by molar-refractivity contribution is -0.0938. The van der Waals surface area contributed by atoms with Gasteiger partial charge in [-0.05, 0) is 0 Å². The first-order valence-electron chi connectivity index (χ1n) is 2.07. The lowest BCUT2D eigenvalue weighted by Crippen LogP contribution is -2.13. The van der Waals surface area contributed by atoms with E-state index in [2.05, 4.69) is 0 Å². The van der Waals surface area contributed by atoms with Crippen LogP contribution in [-0.2, 0) is 0 Å². The molecular formula is C4H2F5I. The van der Waals surface area contributed by atoms with E-state index in [1.54, 1.807) is 0 Å². The highest BCUT2D eigenvalue weighted by atomic mass is 127. The van der Waals surface area contributed by atoms with Gasteiger partial charge in [-0.2, -0.15) is 22.0 Å². The highest BCUT2D eigenvalue weighted by molar-refractivity contribution is 14.1. The normalized spacial score (nSPS) is 11.4. The largest absolute Gasteiger partial charge is 0.418 e. The molecule has 0 amide bonds. The fourth-order valence-corrected chi connectivity index (χ4v) is 0.954. The van der Waals surface area contributed by atoms with Crippen molar-refractivity contribution in [1.82, 2.24) is 0 Å². The van der Waals surface area contributed by atoms with Crippen LogP contribution >= 0.6 is 22.6 Å². The van der Waals surface area contributed by atoms with Crippen molar-refractivity contribution < 1.29 is 22.0 Å². The average molecular weight is 272 g/mol. The SMILES string of the molecule is FC(F)=C(CI)C(F)(F)F. The van der Waals surface area contributed by atoms with Gasteiger partial charge in [-0.1, -0.05) is 22.6 Å². The summed E-state index contributed by atoms with van der Waals surface area (Å²) in [4.78, 5) is 0. The van der Waals surface area contributed by atoms with Gasteiger partial charge in [0.25, 0.3) is 6.08 Å². The van der Waals surface area contributed by atoms with Gasteiger partial charge in [-0.15, -0.1) is 0 Å². The average Bonchev–Trinajstić information content (AvgIpc) is 1.60. The third-order valence-electron chi connectivity index (χ3n) is 0.704. The molecule has 0 aliphatic heterocycles. The van der Waals surface area contributed by atoms with Gasteiger partial charge < -0.3 is 0 Å². The predicted molar refractivity (Wildman–Crippen MR) is 34.2 cm³/mol. The van der Waals surface area contributed by atoms with Gasteiger partial charge in [0.2, 0.25) is 0 Å². The Bertz CT molecular complexity index is 142. The molecular weight excluding hydrogens is 270 g/mol. The van der Waals surface area contributed by atoms with Crippen molar-refractivity contribution in [3.8, 4) is 0 Å². The van der Waals surface area contributed by atoms with E-state index >= 15 is 0 Å². The summed E-state index contributed by atoms with van der Waals surface area (Å²) in [5.41, 5.74) is -1.76. The van der Waals surface area contributed by atoms with E-state index in [1.807, 2.05) is 0 Å². The summed E-state index contributed by atoms with van der Waals surface area (Å²) in [6.45, 7) is 0. The summed E-state index contributed by atoms with van der Waals surface area (Å²) in [6, 6.07) is 0. The van der Waals surface area contributed by atoms with Crippen LogP contribution in [0, 0.1) is 0 Å². The second-order valence-electron chi connectivity index (χ2n) is 1.37. The zero-order valence-electron chi connectivity index (χ0n) is 4.47. The minimum atomic E-state index is -4.89. The molecule has 0 aromatic carbocycles. The van der Waals surface area contributed by atoms with Crippen LogP contribution in [-0.4, -0.2) is 10.6 Å². The Morgan fingerprint density at radius 2 is 1.60 bits per heavy atom. The first-order chi connectivity index (χ1) is 4.39. The maximum atomic E-state index is 11.4. The lowest BCUT2D eigenvalue weighted by Gasteiger charge is -2.05. The van der Waals surface area contributed by atoms with Crippen LogP contribution in [0.5, 0.6) is 0 Å². The Morgan fingerprint density at radius 1 is 1.20 bits per heavy atom. The van der Waals surface area contributed by atoms with Crippen molar-refractivity contribution in [2.24, 2.45) is 0 Å². The topological polar surface area (TPSA) is 0 Å². The molecule has 0 saturated carbocycles. The van der Waals surface area contributed by atoms with Gasteiger partial charge in [0.15, 0.2) is 0 Å². The molecule has 0 N–H and O–H groups in total. The Morgan fingerprint density at radius 3 is 1.60 bits per heavy atom. The second kappa shape index (κ2) is 3.49. The summed E-state index contributed by atoms with van der Waals surface area (Å²) in [5.74, 6) is 0. The van der Waals surface area contributed by atoms with Crippen molar-refractivity contribution >= 4 is 22.6 Å². The monoisotopic (exact) mass is 272 g/mol. The molecule has 0 spiro atoms. The molecule has 6 heteroatoms. The summed E-state index contributed by atoms with van der Waals surface area (Å²) in [6.07, 6.45) is -7.54. The number of hydrogen-bond donors (Lipinski definition) is 0. The number of halogens is 6. The molecule has 0 unspecified atom stereocenters. The first-order valence-corrected chi connectivity index (χ1v) is 3.59. The van der Waals surface area contributed by atoms with Gasteiger partial charge in [0.1, 0.15) is 5.57 Å². The summed E-state index contributed by atoms with van der Waals surface area (Å²) in [5, 5.41) is 0. The van der Waals surface area contributed by atoms with Gasteiger partial charge in [-0.25, -0.2) is 0 Å². The van der Waals surface area contributed by atoms with Gasteiger partial charge in [0.05, 0.1) is 0 Å². The fraction of sp³-hybridized carbons (Fsp3) is 0.500. The molecule has 0 aliphatic rings. The van der Waals surface area contributed by atoms with Crippen molar-refractivity contribution in [1.29, 1.82) is 0 Å². The van der Waals surface area contributed by atoms with Crippen LogP contribution in [0.15, 0.2) is 11.7 Å². The molecule has 0 rings (SSSR count). The molecule has 0 aromatic heterocycles. The number of rotatable bonds is 1. The fourth-order valence-electron chi connectivity index (χ4n) is 0.233. The molecule has 0 atom stereocenters. The van der Waals surface area contributed by atoms with Crippen molar-refractivity contribution in [3.63, 3.8) is 0 Å². The summed E-state index contributed by atoms with van der Waals surface area (Å²) in [7, 11) is 0. The molecule has 0 fully saturated rings. The number of hydrogen-bond acceptors (Lipinski definition) is 0. The predicted octanol–water partition coefficient (Wildman–Crippen LogP) is 3.13. The van der Waals surface area contributed by atoms with Crippen LogP contribution in [0.1, 0.15) is 0 Å². The lowest BCUT2D eigenvalue weighted by atomic mass is 10.3. The quantitative estimate of drug-likeness (QED) is 0.391. The van der Waals surface area contributed by atoms with Gasteiger partial charge in [-0.3, -0.25) is 0 Å². The number of allylic oxidation sites excluding steroid dienone is 1. The van der Waals surface area contributed by atoms with E-state index in [9.17, 15) is 22.0 Å². The molecule has 0 heterocycles. The van der Waals surface area contributed by atoms with Crippen LogP contribution in [0.4, 0.5) is 22.0 Å². The van der Waals surface area contributed by atoms with Gasteiger partial charge >= 0.3 is 6.18 Å². The molecule has 0 aromatic rings. The Labute approximate surface area is 67.2 Å². The van der Waals surface area contributed by atoms with E-state index in [1.165, 1.54) is 22.6 Å². The molecule has 10 heavy (non-hydrogen) atoms. The van der Waals surface area contributed by atoms with E-state index in [-0.39, 0.29) is 0 Å². The molecule has 0 saturated heterocycles. The van der Waals surface area contributed by atoms with Crippen molar-refractivity contribution in [2.75, 3.05) is 4.43 Å². The Kier molecular flexibility index (Phi) is 3.54. The van der Waals surface area contributed by atoms with Crippen molar-refractivity contribution in [3.05, 3.63) is 11.7 Å². The third-order valence-corrected chi connectivity index (χ3v) is 1.47. The highest BCUT2D eigenvalue weighted by Gasteiger charge is 2.36. The Hall–Kier alpha value is 0.120. The maximum Gasteiger partial charge on any atom is 0.418 e. The highest BCUT2D eigenvalue weighted by Crippen LogP contribution is 2.30. The van der Waals surface area contributed by atoms with Crippen LogP contribution < -0.4 is 0 Å². The maximum absolute atomic E-state index is 11.4. The standard InChI is InChI=1S/C4H2F5I/c5-3(6)2(1-10)4(7,8)9/h1H2. The molecule has 0 nitrogen and oxygen atoms in total. The van der Waals surface area contributed by atoms with Crippen LogP contribution in [0.2, 0.25) is 0 Å². The van der Waals surface area contributed by atoms with Crippen molar-refractivity contribution in [2.45, 2.75) is 6.18 Å². The minimum Gasteiger partial charge on any atom is -0.173 e. The molecule has 0 bridgehead atoms. The van der Waals surface area contributed by atoms with Crippen LogP contribution in [0.25, 0.3) is 0 Å². The summed E-state index contributed by atoms with van der Waals surface area (Å²) < 4.78 is 56.3. The smallest absolute Gasteiger partial charge is 0.173 e. The zero-order chi connectivity index (χ0) is 8.36. The Balaban J connectivity index is 4.55. The second-order valence-corrected chi connectivity index (χ2v) is 2.13. The van der Waals surface area contributed by atoms with E-state index in [0.29, 0.717) is 0 Å². The zero-order valence-corrected chi connectivity index (χ0v) is 6.63. The van der Waals surface area contributed by atoms with Gasteiger partial charge in [0, 0.05) is 4.43 Å². The molecule has 0 aliphatic carbocycles. The minimum absolute atomic E-state index is 0.719. The molecule has 60 valence electrons.